The monoisotopic (exact) mass is 386 g/mol. The van der Waals surface area contributed by atoms with Crippen LogP contribution in [0, 0.1) is 13.8 Å². The number of sulfone groups is 2. The van der Waals surface area contributed by atoms with E-state index in [1.807, 2.05) is 0 Å². The highest BCUT2D eigenvalue weighted by molar-refractivity contribution is 7.92. The lowest BCUT2D eigenvalue weighted by molar-refractivity contribution is 0.592. The zero-order valence-electron chi connectivity index (χ0n) is 14.4. The predicted molar refractivity (Wildman–Crippen MR) is 99.7 cm³/mol. The Morgan fingerprint density at radius 2 is 1.04 bits per heavy atom. The van der Waals surface area contributed by atoms with E-state index in [-0.39, 0.29) is 25.1 Å². The van der Waals surface area contributed by atoms with Crippen molar-refractivity contribution >= 4 is 19.7 Å². The molecule has 3 rings (SSSR count). The van der Waals surface area contributed by atoms with Crippen LogP contribution in [0.5, 0.6) is 0 Å². The molecule has 0 aliphatic heterocycles. The van der Waals surface area contributed by atoms with Gasteiger partial charge in [-0.1, -0.05) is 42.5 Å². The Labute approximate surface area is 154 Å². The van der Waals surface area contributed by atoms with Gasteiger partial charge in [-0.3, -0.25) is 0 Å². The Bertz CT molecular complexity index is 1150. The number of hydrogen-bond acceptors (Lipinski definition) is 4. The maximum absolute atomic E-state index is 13.1. The van der Waals surface area contributed by atoms with Crippen LogP contribution < -0.4 is 0 Å². The van der Waals surface area contributed by atoms with Gasteiger partial charge in [0.25, 0.3) is 0 Å². The normalized spacial score (nSPS) is 12.1. The van der Waals surface area contributed by atoms with Crippen molar-refractivity contribution in [2.75, 3.05) is 0 Å². The van der Waals surface area contributed by atoms with Crippen molar-refractivity contribution in [2.24, 2.45) is 0 Å². The fourth-order valence-corrected chi connectivity index (χ4v) is 6.30. The van der Waals surface area contributed by atoms with Gasteiger partial charge in [-0.15, -0.1) is 0 Å². The number of benzene rings is 3. The Balaban J connectivity index is 2.27. The zero-order valence-corrected chi connectivity index (χ0v) is 16.0. The van der Waals surface area contributed by atoms with Gasteiger partial charge in [0.15, 0.2) is 0 Å². The van der Waals surface area contributed by atoms with E-state index in [0.29, 0.717) is 5.56 Å². The second-order valence-electron chi connectivity index (χ2n) is 5.97. The van der Waals surface area contributed by atoms with Crippen molar-refractivity contribution in [1.29, 1.82) is 0 Å². The lowest BCUT2D eigenvalue weighted by Crippen LogP contribution is -2.11. The molecule has 0 heterocycles. The lowest BCUT2D eigenvalue weighted by atomic mass is 10.1. The highest BCUT2D eigenvalue weighted by Crippen LogP contribution is 2.33. The van der Waals surface area contributed by atoms with Gasteiger partial charge in [-0.2, -0.15) is 0 Å². The summed E-state index contributed by atoms with van der Waals surface area (Å²) in [4.78, 5) is 0.319. The zero-order chi connectivity index (χ0) is 18.9. The van der Waals surface area contributed by atoms with Gasteiger partial charge in [0, 0.05) is 0 Å². The molecule has 0 N–H and O–H groups in total. The van der Waals surface area contributed by atoms with Crippen LogP contribution >= 0.6 is 0 Å². The smallest absolute Gasteiger partial charge is 0.207 e. The summed E-state index contributed by atoms with van der Waals surface area (Å²) in [7, 11) is -7.65. The van der Waals surface area contributed by atoms with E-state index >= 15 is 0 Å². The van der Waals surface area contributed by atoms with Gasteiger partial charge in [-0.25, -0.2) is 16.8 Å². The Kier molecular flexibility index (Phi) is 4.73. The minimum absolute atomic E-state index is 0.00352. The molecule has 26 heavy (non-hydrogen) atoms. The molecule has 6 heteroatoms. The Hall–Kier alpha value is -2.44. The first-order valence-electron chi connectivity index (χ1n) is 7.97. The molecule has 0 saturated carbocycles. The van der Waals surface area contributed by atoms with Crippen LogP contribution in [0.15, 0.2) is 92.4 Å². The average molecular weight is 386 g/mol. The summed E-state index contributed by atoms with van der Waals surface area (Å²) in [6.07, 6.45) is 0. The quantitative estimate of drug-likeness (QED) is 0.680. The van der Waals surface area contributed by atoms with Crippen molar-refractivity contribution < 1.29 is 16.8 Å². The van der Waals surface area contributed by atoms with Crippen molar-refractivity contribution in [3.8, 4) is 0 Å². The topological polar surface area (TPSA) is 68.3 Å². The van der Waals surface area contributed by atoms with Crippen molar-refractivity contribution in [1.82, 2.24) is 0 Å². The van der Waals surface area contributed by atoms with Crippen LogP contribution in [0.1, 0.15) is 11.1 Å². The molecule has 0 amide bonds. The molecule has 3 aromatic rings. The molecule has 0 fully saturated rings. The summed E-state index contributed by atoms with van der Waals surface area (Å²) in [5.74, 6) is 0. The number of aryl methyl sites for hydroxylation is 1. The standard InChI is InChI=1S/C20H18O4S2/c1-15-13-14-19(25(21,22)17-9-5-3-6-10-17)16(2)20(15)26(23,24)18-11-7-4-8-12-18/h3-14H,1-2H3. The molecule has 0 spiro atoms. The first-order chi connectivity index (χ1) is 12.3. The predicted octanol–water partition coefficient (Wildman–Crippen LogP) is 3.97. The molecule has 0 aliphatic rings. The maximum atomic E-state index is 13.1. The summed E-state index contributed by atoms with van der Waals surface area (Å²) < 4.78 is 52.2. The molecule has 4 nitrogen and oxygen atoms in total. The molecule has 0 aromatic heterocycles. The van der Waals surface area contributed by atoms with Crippen LogP contribution in [0.2, 0.25) is 0 Å². The van der Waals surface area contributed by atoms with Crippen LogP contribution in [-0.2, 0) is 19.7 Å². The molecule has 0 unspecified atom stereocenters. The summed E-state index contributed by atoms with van der Waals surface area (Å²) in [5, 5.41) is 0. The summed E-state index contributed by atoms with van der Waals surface area (Å²) in [5.41, 5.74) is 0.746. The first-order valence-corrected chi connectivity index (χ1v) is 10.9. The van der Waals surface area contributed by atoms with Crippen LogP contribution in [-0.4, -0.2) is 16.8 Å². The van der Waals surface area contributed by atoms with Gasteiger partial charge in [0.1, 0.15) is 0 Å². The molecule has 134 valence electrons. The fourth-order valence-electron chi connectivity index (χ4n) is 2.96. The van der Waals surface area contributed by atoms with E-state index in [4.69, 9.17) is 0 Å². The van der Waals surface area contributed by atoms with E-state index in [2.05, 4.69) is 0 Å². The van der Waals surface area contributed by atoms with E-state index in [9.17, 15) is 16.8 Å². The lowest BCUT2D eigenvalue weighted by Gasteiger charge is -2.15. The number of hydrogen-bond donors (Lipinski definition) is 0. The van der Waals surface area contributed by atoms with Gasteiger partial charge < -0.3 is 0 Å². The number of rotatable bonds is 4. The van der Waals surface area contributed by atoms with Crippen molar-refractivity contribution in [2.45, 2.75) is 33.4 Å². The highest BCUT2D eigenvalue weighted by Gasteiger charge is 2.28. The van der Waals surface area contributed by atoms with Crippen LogP contribution in [0.3, 0.4) is 0 Å². The van der Waals surface area contributed by atoms with E-state index < -0.39 is 19.7 Å². The molecular weight excluding hydrogens is 368 g/mol. The van der Waals surface area contributed by atoms with Gasteiger partial charge in [0.2, 0.25) is 19.7 Å². The summed E-state index contributed by atoms with van der Waals surface area (Å²) in [6.45, 7) is 3.21. The van der Waals surface area contributed by atoms with E-state index in [0.717, 1.165) is 0 Å². The molecule has 0 radical (unpaired) electrons. The minimum Gasteiger partial charge on any atom is -0.219 e. The second kappa shape index (κ2) is 6.70. The Morgan fingerprint density at radius 1 is 0.577 bits per heavy atom. The largest absolute Gasteiger partial charge is 0.219 e. The maximum Gasteiger partial charge on any atom is 0.207 e. The van der Waals surface area contributed by atoms with Gasteiger partial charge in [-0.05, 0) is 55.3 Å². The molecule has 3 aromatic carbocycles. The van der Waals surface area contributed by atoms with E-state index in [1.165, 1.54) is 30.3 Å². The third-order valence-corrected chi connectivity index (χ3v) is 8.19. The fraction of sp³-hybridized carbons (Fsp3) is 0.100. The first kappa shape index (κ1) is 18.4. The molecule has 0 bridgehead atoms. The van der Waals surface area contributed by atoms with Crippen molar-refractivity contribution in [3.63, 3.8) is 0 Å². The van der Waals surface area contributed by atoms with Crippen molar-refractivity contribution in [3.05, 3.63) is 83.9 Å². The third kappa shape index (κ3) is 3.06. The van der Waals surface area contributed by atoms with E-state index in [1.54, 1.807) is 56.3 Å². The average Bonchev–Trinajstić information content (AvgIpc) is 2.63. The summed E-state index contributed by atoms with van der Waals surface area (Å²) in [6, 6.07) is 19.0. The van der Waals surface area contributed by atoms with Gasteiger partial charge in [0.05, 0.1) is 19.6 Å². The molecule has 0 saturated heterocycles. The summed E-state index contributed by atoms with van der Waals surface area (Å²) >= 11 is 0. The van der Waals surface area contributed by atoms with Crippen LogP contribution in [0.4, 0.5) is 0 Å². The molecule has 0 atom stereocenters. The second-order valence-corrected chi connectivity index (χ2v) is 9.77. The molecule has 0 aliphatic carbocycles. The Morgan fingerprint density at radius 3 is 1.54 bits per heavy atom. The van der Waals surface area contributed by atoms with Gasteiger partial charge >= 0.3 is 0 Å². The SMILES string of the molecule is Cc1ccc(S(=O)(=O)c2ccccc2)c(C)c1S(=O)(=O)c1ccccc1. The highest BCUT2D eigenvalue weighted by atomic mass is 32.2. The molecular formula is C20H18O4S2. The third-order valence-electron chi connectivity index (χ3n) is 4.22. The minimum atomic E-state index is -3.83. The van der Waals surface area contributed by atoms with Crippen LogP contribution in [0.25, 0.3) is 0 Å².